The van der Waals surface area contributed by atoms with Crippen LogP contribution in [0, 0.1) is 5.92 Å². The van der Waals surface area contributed by atoms with Crippen LogP contribution in [0.1, 0.15) is 134 Å². The molecule has 1 fully saturated rings. The molecule has 0 unspecified atom stereocenters. The fourth-order valence-corrected chi connectivity index (χ4v) is 5.04. The van der Waals surface area contributed by atoms with E-state index in [2.05, 4.69) is 74.6 Å². The van der Waals surface area contributed by atoms with Crippen LogP contribution in [-0.2, 0) is 19.0 Å². The molecule has 0 atom stereocenters. The molecule has 8 heteroatoms. The Morgan fingerprint density at radius 2 is 1.56 bits per heavy atom. The van der Waals surface area contributed by atoms with Gasteiger partial charge in [0.25, 0.3) is 0 Å². The molecule has 1 aliphatic carbocycles. The molecule has 0 saturated heterocycles. The van der Waals surface area contributed by atoms with Crippen LogP contribution in [0.25, 0.3) is 0 Å². The van der Waals surface area contributed by atoms with E-state index in [1.807, 2.05) is 60.0 Å². The summed E-state index contributed by atoms with van der Waals surface area (Å²) in [5, 5.41) is 3.58. The molecule has 0 bridgehead atoms. The van der Waals surface area contributed by atoms with Crippen molar-refractivity contribution in [3.63, 3.8) is 0 Å². The molecule has 0 radical (unpaired) electrons. The Morgan fingerprint density at radius 3 is 2.06 bits per heavy atom. The number of methoxy groups -OCH3 is 2. The Hall–Kier alpha value is -3.26. The smallest absolute Gasteiger partial charge is 0.308 e. The summed E-state index contributed by atoms with van der Waals surface area (Å²) in [6, 6.07) is 0. The number of hydrogen-bond acceptors (Lipinski definition) is 8. The molecule has 1 saturated carbocycles. The van der Waals surface area contributed by atoms with Crippen molar-refractivity contribution in [3.8, 4) is 0 Å². The summed E-state index contributed by atoms with van der Waals surface area (Å²) in [6.45, 7) is 23.5. The van der Waals surface area contributed by atoms with E-state index < -0.39 is 0 Å². The Labute approximate surface area is 295 Å². The normalized spacial score (nSPS) is 15.8. The summed E-state index contributed by atoms with van der Waals surface area (Å²) in [4.78, 5) is 15.7. The number of esters is 1. The first-order valence-electron chi connectivity index (χ1n) is 18.1. The van der Waals surface area contributed by atoms with E-state index >= 15 is 0 Å². The van der Waals surface area contributed by atoms with Gasteiger partial charge in [-0.2, -0.15) is 0 Å². The lowest BCUT2D eigenvalue weighted by atomic mass is 9.89. The van der Waals surface area contributed by atoms with E-state index in [0.29, 0.717) is 6.54 Å². The SMILES string of the molecule is CC.CC/C=C(C)/C(=C\C=C(C)\C(NNC)=C(\CCC)CNC(/N=C\C=C(/C)OC(C)C)=C(C)CC)OC.COC(=O)C1CCCCC1. The average Bonchev–Trinajstić information content (AvgIpc) is 3.09. The van der Waals surface area contributed by atoms with Crippen molar-refractivity contribution in [1.29, 1.82) is 0 Å². The third-order valence-corrected chi connectivity index (χ3v) is 7.63. The highest BCUT2D eigenvalue weighted by molar-refractivity contribution is 5.73. The van der Waals surface area contributed by atoms with Gasteiger partial charge in [0.1, 0.15) is 11.6 Å². The summed E-state index contributed by atoms with van der Waals surface area (Å²) in [6.07, 6.45) is 19.8. The molecule has 3 N–H and O–H groups in total. The first kappa shape index (κ1) is 46.9. The van der Waals surface area contributed by atoms with E-state index in [4.69, 9.17) is 14.5 Å². The van der Waals surface area contributed by atoms with Gasteiger partial charge in [0, 0.05) is 19.8 Å². The molecular formula is C40H72N4O4. The largest absolute Gasteiger partial charge is 0.497 e. The number of rotatable bonds is 18. The summed E-state index contributed by atoms with van der Waals surface area (Å²) >= 11 is 0. The minimum Gasteiger partial charge on any atom is -0.497 e. The molecule has 0 aromatic heterocycles. The Bertz CT molecular complexity index is 1100. The van der Waals surface area contributed by atoms with Crippen molar-refractivity contribution in [1.82, 2.24) is 16.2 Å². The molecule has 0 aromatic rings. The van der Waals surface area contributed by atoms with Crippen molar-refractivity contribution in [2.24, 2.45) is 10.9 Å². The zero-order valence-electron chi connectivity index (χ0n) is 33.2. The third-order valence-electron chi connectivity index (χ3n) is 7.63. The van der Waals surface area contributed by atoms with Crippen molar-refractivity contribution < 1.29 is 19.0 Å². The fourth-order valence-electron chi connectivity index (χ4n) is 5.04. The van der Waals surface area contributed by atoms with E-state index in [-0.39, 0.29) is 18.0 Å². The first-order valence-corrected chi connectivity index (χ1v) is 18.1. The summed E-state index contributed by atoms with van der Waals surface area (Å²) in [7, 11) is 5.07. The van der Waals surface area contributed by atoms with Crippen molar-refractivity contribution in [2.75, 3.05) is 27.8 Å². The lowest BCUT2D eigenvalue weighted by Crippen LogP contribution is -2.30. The first-order chi connectivity index (χ1) is 23.0. The van der Waals surface area contributed by atoms with Crippen molar-refractivity contribution in [2.45, 2.75) is 140 Å². The summed E-state index contributed by atoms with van der Waals surface area (Å²) in [5.41, 5.74) is 12.3. The third kappa shape index (κ3) is 20.9. The van der Waals surface area contributed by atoms with Crippen LogP contribution in [0.4, 0.5) is 0 Å². The molecular weight excluding hydrogens is 600 g/mol. The summed E-state index contributed by atoms with van der Waals surface area (Å²) < 4.78 is 16.0. The highest BCUT2D eigenvalue weighted by Crippen LogP contribution is 2.24. The van der Waals surface area contributed by atoms with E-state index in [9.17, 15) is 4.79 Å². The minimum absolute atomic E-state index is 0.0142. The van der Waals surface area contributed by atoms with Crippen molar-refractivity contribution >= 4 is 12.2 Å². The van der Waals surface area contributed by atoms with Gasteiger partial charge in [-0.05, 0) is 108 Å². The van der Waals surface area contributed by atoms with Crippen LogP contribution in [0.3, 0.4) is 0 Å². The van der Waals surface area contributed by atoms with Crippen LogP contribution < -0.4 is 16.2 Å². The molecule has 0 aliphatic heterocycles. The van der Waals surface area contributed by atoms with E-state index in [1.54, 1.807) is 7.11 Å². The molecule has 48 heavy (non-hydrogen) atoms. The highest BCUT2D eigenvalue weighted by atomic mass is 16.5. The molecule has 0 heterocycles. The van der Waals surface area contributed by atoms with E-state index in [0.717, 1.165) is 72.7 Å². The number of hydrazine groups is 1. The lowest BCUT2D eigenvalue weighted by Gasteiger charge is -2.19. The number of ether oxygens (including phenoxy) is 3. The van der Waals surface area contributed by atoms with Gasteiger partial charge in [0.15, 0.2) is 0 Å². The maximum Gasteiger partial charge on any atom is 0.308 e. The molecule has 276 valence electrons. The number of allylic oxidation sites excluding steroid dienone is 8. The van der Waals surface area contributed by atoms with Crippen molar-refractivity contribution in [3.05, 3.63) is 69.6 Å². The molecule has 1 aliphatic rings. The predicted molar refractivity (Wildman–Crippen MR) is 206 cm³/mol. The maximum absolute atomic E-state index is 10.9. The quantitative estimate of drug-likeness (QED) is 0.0439. The van der Waals surface area contributed by atoms with Crippen LogP contribution >= 0.6 is 0 Å². The zero-order valence-corrected chi connectivity index (χ0v) is 33.2. The van der Waals surface area contributed by atoms with Gasteiger partial charge in [0.2, 0.25) is 0 Å². The standard InChI is InChI=1S/C30H52N4O2.C8H14O2.C2H6/c1-12-15-24(7)28(35-11)18-17-25(8)29(34-31-10)27(16-13-2)21-33-30(23(6)14-3)32-20-19-26(9)36-22(4)5;1-10-8(9)7-5-3-2-4-6-7;1-2/h15,17-20,22,31,33-34H,12-14,16,21H2,1-11H3;7H,2-6H2,1H3;1-2H3/b24-15+,25-17+,26-19+,28-18+,29-27+,30-23?,32-20-;;. The number of nitrogens with one attached hydrogen (secondary N) is 3. The van der Waals surface area contributed by atoms with Gasteiger partial charge < -0.3 is 25.0 Å². The number of nitrogens with zero attached hydrogens (tertiary/aromatic N) is 1. The molecule has 0 aromatic carbocycles. The summed E-state index contributed by atoms with van der Waals surface area (Å²) in [5.74, 6) is 2.81. The van der Waals surface area contributed by atoms with Crippen LogP contribution in [-0.4, -0.2) is 46.1 Å². The Kier molecular flexibility index (Phi) is 29.1. The topological polar surface area (TPSA) is 93.2 Å². The molecule has 1 rings (SSSR count). The van der Waals surface area contributed by atoms with Gasteiger partial charge in [-0.3, -0.25) is 4.79 Å². The van der Waals surface area contributed by atoms with Crippen LogP contribution in [0.2, 0.25) is 0 Å². The predicted octanol–water partition coefficient (Wildman–Crippen LogP) is 9.99. The van der Waals surface area contributed by atoms with Gasteiger partial charge in [-0.1, -0.05) is 72.5 Å². The monoisotopic (exact) mass is 673 g/mol. The van der Waals surface area contributed by atoms with Gasteiger partial charge in [-0.25, -0.2) is 10.4 Å². The number of carbonyl (C=O) groups excluding carboxylic acids is 1. The molecule has 8 nitrogen and oxygen atoms in total. The Balaban J connectivity index is 0. The van der Waals surface area contributed by atoms with Crippen LogP contribution in [0.5, 0.6) is 0 Å². The van der Waals surface area contributed by atoms with Gasteiger partial charge in [0.05, 0.1) is 37.7 Å². The Morgan fingerprint density at radius 1 is 0.917 bits per heavy atom. The maximum atomic E-state index is 10.9. The van der Waals surface area contributed by atoms with E-state index in [1.165, 1.54) is 37.5 Å². The number of hydrogen-bond donors (Lipinski definition) is 3. The number of aliphatic imine (C=N–C) groups is 1. The second kappa shape index (κ2) is 29.8. The fraction of sp³-hybridized carbons (Fsp3) is 0.650. The molecule has 0 spiro atoms. The second-order valence-corrected chi connectivity index (χ2v) is 11.9. The van der Waals surface area contributed by atoms with Crippen LogP contribution in [0.15, 0.2) is 74.6 Å². The average molecular weight is 673 g/mol. The second-order valence-electron chi connectivity index (χ2n) is 11.9. The minimum atomic E-state index is -0.0142. The lowest BCUT2D eigenvalue weighted by molar-refractivity contribution is -0.146. The highest BCUT2D eigenvalue weighted by Gasteiger charge is 2.21. The van der Waals surface area contributed by atoms with Gasteiger partial charge in [-0.15, -0.1) is 0 Å². The molecule has 0 amide bonds. The zero-order chi connectivity index (χ0) is 36.9. The van der Waals surface area contributed by atoms with Gasteiger partial charge >= 0.3 is 5.97 Å². The number of carbonyl (C=O) groups is 1.